The summed E-state index contributed by atoms with van der Waals surface area (Å²) in [7, 11) is 0. The standard InChI is InChI=1S/C12H15FO/c1-7-5-10(6-8(2)11(7)13)12(14)9-3-4-9/h5-6,9,12,14H,3-4H2,1-2H3. The second-order valence-corrected chi connectivity index (χ2v) is 4.25. The summed E-state index contributed by atoms with van der Waals surface area (Å²) in [4.78, 5) is 0. The minimum Gasteiger partial charge on any atom is -0.388 e. The molecule has 0 heterocycles. The van der Waals surface area contributed by atoms with Crippen molar-refractivity contribution >= 4 is 0 Å². The molecular formula is C12H15FO. The fourth-order valence-electron chi connectivity index (χ4n) is 1.83. The molecule has 0 bridgehead atoms. The molecule has 0 saturated heterocycles. The molecule has 76 valence electrons. The highest BCUT2D eigenvalue weighted by molar-refractivity contribution is 5.32. The lowest BCUT2D eigenvalue weighted by atomic mass is 10.00. The number of aliphatic hydroxyl groups excluding tert-OH is 1. The highest BCUT2D eigenvalue weighted by atomic mass is 19.1. The Morgan fingerprint density at radius 3 is 2.21 bits per heavy atom. The van der Waals surface area contributed by atoms with Crippen LogP contribution in [0, 0.1) is 25.6 Å². The third kappa shape index (κ3) is 1.67. The van der Waals surface area contributed by atoms with Gasteiger partial charge in [0.2, 0.25) is 0 Å². The van der Waals surface area contributed by atoms with Crippen molar-refractivity contribution in [3.63, 3.8) is 0 Å². The quantitative estimate of drug-likeness (QED) is 0.767. The van der Waals surface area contributed by atoms with Gasteiger partial charge in [0.25, 0.3) is 0 Å². The summed E-state index contributed by atoms with van der Waals surface area (Å²) in [5, 5.41) is 9.88. The third-order valence-corrected chi connectivity index (χ3v) is 2.87. The molecule has 0 aliphatic heterocycles. The summed E-state index contributed by atoms with van der Waals surface area (Å²) in [5.41, 5.74) is 2.11. The van der Waals surface area contributed by atoms with Crippen LogP contribution >= 0.6 is 0 Å². The fraction of sp³-hybridized carbons (Fsp3) is 0.500. The van der Waals surface area contributed by atoms with E-state index in [1.165, 1.54) is 0 Å². The molecule has 1 fully saturated rings. The predicted molar refractivity (Wildman–Crippen MR) is 53.6 cm³/mol. The third-order valence-electron chi connectivity index (χ3n) is 2.87. The van der Waals surface area contributed by atoms with Crippen molar-refractivity contribution < 1.29 is 9.50 Å². The monoisotopic (exact) mass is 194 g/mol. The van der Waals surface area contributed by atoms with Crippen molar-refractivity contribution in [2.75, 3.05) is 0 Å². The second-order valence-electron chi connectivity index (χ2n) is 4.25. The Hall–Kier alpha value is -0.890. The number of benzene rings is 1. The minimum atomic E-state index is -0.395. The second kappa shape index (κ2) is 3.35. The Balaban J connectivity index is 2.34. The summed E-state index contributed by atoms with van der Waals surface area (Å²) in [6.45, 7) is 3.48. The smallest absolute Gasteiger partial charge is 0.129 e. The number of aryl methyl sites for hydroxylation is 2. The van der Waals surface area contributed by atoms with E-state index in [0.29, 0.717) is 17.0 Å². The first kappa shape index (κ1) is 9.66. The molecule has 1 aromatic carbocycles. The molecule has 0 aromatic heterocycles. The summed E-state index contributed by atoms with van der Waals surface area (Å²) >= 11 is 0. The van der Waals surface area contributed by atoms with Crippen molar-refractivity contribution in [1.29, 1.82) is 0 Å². The fourth-order valence-corrected chi connectivity index (χ4v) is 1.83. The molecular weight excluding hydrogens is 179 g/mol. The van der Waals surface area contributed by atoms with Gasteiger partial charge >= 0.3 is 0 Å². The van der Waals surface area contributed by atoms with Crippen molar-refractivity contribution in [2.45, 2.75) is 32.8 Å². The Kier molecular flexibility index (Phi) is 2.31. The van der Waals surface area contributed by atoms with E-state index in [1.54, 1.807) is 26.0 Å². The van der Waals surface area contributed by atoms with Gasteiger partial charge in [-0.05, 0) is 49.3 Å². The van der Waals surface area contributed by atoms with Crippen LogP contribution in [0.1, 0.15) is 35.6 Å². The van der Waals surface area contributed by atoms with E-state index in [4.69, 9.17) is 0 Å². The number of rotatable bonds is 2. The topological polar surface area (TPSA) is 20.2 Å². The highest BCUT2D eigenvalue weighted by Gasteiger charge is 2.31. The molecule has 1 atom stereocenters. The van der Waals surface area contributed by atoms with E-state index in [0.717, 1.165) is 18.4 Å². The van der Waals surface area contributed by atoms with E-state index in [-0.39, 0.29) is 5.82 Å². The summed E-state index contributed by atoms with van der Waals surface area (Å²) in [5.74, 6) is 0.246. The van der Waals surface area contributed by atoms with Gasteiger partial charge in [0.05, 0.1) is 6.10 Å². The SMILES string of the molecule is Cc1cc(C(O)C2CC2)cc(C)c1F. The Labute approximate surface area is 83.6 Å². The maximum absolute atomic E-state index is 13.3. The molecule has 1 saturated carbocycles. The maximum atomic E-state index is 13.3. The van der Waals surface area contributed by atoms with Gasteiger partial charge in [-0.25, -0.2) is 4.39 Å². The van der Waals surface area contributed by atoms with Gasteiger partial charge in [0.15, 0.2) is 0 Å². The molecule has 14 heavy (non-hydrogen) atoms. The highest BCUT2D eigenvalue weighted by Crippen LogP contribution is 2.41. The zero-order valence-corrected chi connectivity index (χ0v) is 8.55. The van der Waals surface area contributed by atoms with Crippen LogP contribution in [0.5, 0.6) is 0 Å². The molecule has 0 spiro atoms. The normalized spacial score (nSPS) is 18.3. The van der Waals surface area contributed by atoms with Gasteiger partial charge in [0, 0.05) is 0 Å². The minimum absolute atomic E-state index is 0.156. The van der Waals surface area contributed by atoms with Gasteiger partial charge in [0.1, 0.15) is 5.82 Å². The number of hydrogen-bond donors (Lipinski definition) is 1. The maximum Gasteiger partial charge on any atom is 0.129 e. The summed E-state index contributed by atoms with van der Waals surface area (Å²) in [6.07, 6.45) is 1.79. The van der Waals surface area contributed by atoms with E-state index >= 15 is 0 Å². The van der Waals surface area contributed by atoms with Crippen LogP contribution in [-0.4, -0.2) is 5.11 Å². The van der Waals surface area contributed by atoms with Gasteiger partial charge in [-0.1, -0.05) is 12.1 Å². The molecule has 2 heteroatoms. The van der Waals surface area contributed by atoms with E-state index in [1.807, 2.05) is 0 Å². The van der Waals surface area contributed by atoms with Gasteiger partial charge in [-0.2, -0.15) is 0 Å². The first-order valence-electron chi connectivity index (χ1n) is 5.04. The van der Waals surface area contributed by atoms with Crippen molar-refractivity contribution in [3.8, 4) is 0 Å². The Morgan fingerprint density at radius 2 is 1.79 bits per heavy atom. The molecule has 1 nitrogen and oxygen atoms in total. The lowest BCUT2D eigenvalue weighted by molar-refractivity contribution is 0.153. The molecule has 1 aliphatic rings. The first-order chi connectivity index (χ1) is 6.59. The van der Waals surface area contributed by atoms with Gasteiger partial charge < -0.3 is 5.11 Å². The van der Waals surface area contributed by atoms with Crippen LogP contribution in [0.3, 0.4) is 0 Å². The number of aliphatic hydroxyl groups is 1. The largest absolute Gasteiger partial charge is 0.388 e. The van der Waals surface area contributed by atoms with Crippen LogP contribution in [-0.2, 0) is 0 Å². The average molecular weight is 194 g/mol. The van der Waals surface area contributed by atoms with E-state index in [9.17, 15) is 9.50 Å². The molecule has 1 aromatic rings. The first-order valence-corrected chi connectivity index (χ1v) is 5.04. The molecule has 1 aliphatic carbocycles. The zero-order valence-electron chi connectivity index (χ0n) is 8.55. The Morgan fingerprint density at radius 1 is 1.29 bits per heavy atom. The van der Waals surface area contributed by atoms with Crippen LogP contribution in [0.15, 0.2) is 12.1 Å². The summed E-state index contributed by atoms with van der Waals surface area (Å²) < 4.78 is 13.3. The van der Waals surface area contributed by atoms with Crippen LogP contribution in [0.4, 0.5) is 4.39 Å². The molecule has 1 N–H and O–H groups in total. The van der Waals surface area contributed by atoms with Gasteiger partial charge in [-0.3, -0.25) is 0 Å². The van der Waals surface area contributed by atoms with Crippen molar-refractivity contribution in [1.82, 2.24) is 0 Å². The average Bonchev–Trinajstić information content (AvgIpc) is 2.95. The van der Waals surface area contributed by atoms with Crippen LogP contribution in [0.25, 0.3) is 0 Å². The zero-order chi connectivity index (χ0) is 10.3. The van der Waals surface area contributed by atoms with Crippen LogP contribution < -0.4 is 0 Å². The molecule has 2 rings (SSSR count). The lowest BCUT2D eigenvalue weighted by Gasteiger charge is -2.12. The van der Waals surface area contributed by atoms with E-state index < -0.39 is 6.10 Å². The lowest BCUT2D eigenvalue weighted by Crippen LogP contribution is -2.02. The van der Waals surface area contributed by atoms with Crippen molar-refractivity contribution in [3.05, 3.63) is 34.6 Å². The van der Waals surface area contributed by atoms with E-state index in [2.05, 4.69) is 0 Å². The van der Waals surface area contributed by atoms with Crippen LogP contribution in [0.2, 0.25) is 0 Å². The van der Waals surface area contributed by atoms with Crippen molar-refractivity contribution in [2.24, 2.45) is 5.92 Å². The molecule has 0 radical (unpaired) electrons. The molecule has 1 unspecified atom stereocenters. The number of halogens is 1. The Bertz CT molecular complexity index is 332. The molecule has 0 amide bonds. The summed E-state index contributed by atoms with van der Waals surface area (Å²) in [6, 6.07) is 3.51. The predicted octanol–water partition coefficient (Wildman–Crippen LogP) is 2.89. The number of hydrogen-bond acceptors (Lipinski definition) is 1. The van der Waals surface area contributed by atoms with Gasteiger partial charge in [-0.15, -0.1) is 0 Å².